The number of halogens is 3. The third-order valence-electron chi connectivity index (χ3n) is 5.65. The Morgan fingerprint density at radius 1 is 1.17 bits per heavy atom. The normalized spacial score (nSPS) is 18.9. The number of carbonyl (C=O) groups excluding carboxylic acids is 1. The molecule has 3 rings (SSSR count). The van der Waals surface area contributed by atoms with Crippen LogP contribution in [0.15, 0.2) is 24.3 Å². The molecule has 5 nitrogen and oxygen atoms in total. The second kappa shape index (κ2) is 15.1. The van der Waals surface area contributed by atoms with Gasteiger partial charge in [0.05, 0.1) is 0 Å². The molecule has 0 radical (unpaired) electrons. The van der Waals surface area contributed by atoms with E-state index in [1.807, 2.05) is 0 Å². The molecule has 1 atom stereocenters. The average Bonchev–Trinajstić information content (AvgIpc) is 3.18. The number of hydrogen-bond donors (Lipinski definition) is 2. The Morgan fingerprint density at radius 3 is 2.59 bits per heavy atom. The first-order chi connectivity index (χ1) is 12.7. The molecule has 2 N–H and O–H groups in total. The summed E-state index contributed by atoms with van der Waals surface area (Å²) in [5.74, 6) is 0.923. The molecule has 1 aromatic carbocycles. The number of piperazine rings is 1. The predicted octanol–water partition coefficient (Wildman–Crippen LogP) is 3.28. The van der Waals surface area contributed by atoms with E-state index in [0.717, 1.165) is 65.2 Å². The van der Waals surface area contributed by atoms with Crippen LogP contribution >= 0.6 is 37.2 Å². The van der Waals surface area contributed by atoms with Gasteiger partial charge >= 0.3 is 0 Å². The molecule has 2 aliphatic rings. The monoisotopic (exact) mass is 466 g/mol. The highest BCUT2D eigenvalue weighted by molar-refractivity contribution is 5.86. The van der Waals surface area contributed by atoms with Gasteiger partial charge < -0.3 is 15.5 Å². The second-order valence-corrected chi connectivity index (χ2v) is 7.77. The molecule has 1 aromatic rings. The van der Waals surface area contributed by atoms with Crippen molar-refractivity contribution in [3.63, 3.8) is 0 Å². The van der Waals surface area contributed by atoms with E-state index >= 15 is 0 Å². The lowest BCUT2D eigenvalue weighted by molar-refractivity contribution is -0.121. The first kappa shape index (κ1) is 28.3. The zero-order valence-electron chi connectivity index (χ0n) is 17.4. The van der Waals surface area contributed by atoms with Crippen LogP contribution in [-0.4, -0.2) is 63.2 Å². The van der Waals surface area contributed by atoms with Gasteiger partial charge in [0.2, 0.25) is 5.91 Å². The maximum atomic E-state index is 11.9. The van der Waals surface area contributed by atoms with Crippen LogP contribution in [0.3, 0.4) is 0 Å². The Morgan fingerprint density at radius 2 is 1.93 bits per heavy atom. The number of hydrogen-bond acceptors (Lipinski definition) is 4. The topological polar surface area (TPSA) is 47.6 Å². The fourth-order valence-corrected chi connectivity index (χ4v) is 3.97. The molecule has 0 bridgehead atoms. The van der Waals surface area contributed by atoms with Gasteiger partial charge in [0.25, 0.3) is 0 Å². The SMILES string of the molecule is Cc1cccc(N2CCN(CCCNC(=O)CCC3CCNC3)CC2)c1.Cl.Cl.Cl. The van der Waals surface area contributed by atoms with Crippen molar-refractivity contribution in [1.82, 2.24) is 15.5 Å². The number of benzene rings is 1. The van der Waals surface area contributed by atoms with Crippen molar-refractivity contribution < 1.29 is 4.79 Å². The average molecular weight is 468 g/mol. The first-order valence-corrected chi connectivity index (χ1v) is 10.2. The van der Waals surface area contributed by atoms with Crippen LogP contribution < -0.4 is 15.5 Å². The summed E-state index contributed by atoms with van der Waals surface area (Å²) in [5.41, 5.74) is 2.67. The number of rotatable bonds is 8. The zero-order valence-corrected chi connectivity index (χ0v) is 19.8. The summed E-state index contributed by atoms with van der Waals surface area (Å²) < 4.78 is 0. The van der Waals surface area contributed by atoms with Gasteiger partial charge in [-0.15, -0.1) is 37.2 Å². The first-order valence-electron chi connectivity index (χ1n) is 10.2. The molecule has 29 heavy (non-hydrogen) atoms. The van der Waals surface area contributed by atoms with Gasteiger partial charge in [-0.2, -0.15) is 0 Å². The highest BCUT2D eigenvalue weighted by atomic mass is 35.5. The summed E-state index contributed by atoms with van der Waals surface area (Å²) >= 11 is 0. The van der Waals surface area contributed by atoms with E-state index in [2.05, 4.69) is 51.6 Å². The number of carbonyl (C=O) groups is 1. The van der Waals surface area contributed by atoms with Crippen LogP contribution in [0.4, 0.5) is 5.69 Å². The van der Waals surface area contributed by atoms with E-state index < -0.39 is 0 Å². The van der Waals surface area contributed by atoms with E-state index in [-0.39, 0.29) is 43.1 Å². The minimum absolute atomic E-state index is 0. The predicted molar refractivity (Wildman–Crippen MR) is 129 cm³/mol. The Bertz CT molecular complexity index is 577. The maximum absolute atomic E-state index is 11.9. The molecule has 0 spiro atoms. The minimum atomic E-state index is 0. The van der Waals surface area contributed by atoms with Gasteiger partial charge in [0, 0.05) is 44.8 Å². The van der Waals surface area contributed by atoms with E-state index in [1.165, 1.54) is 17.7 Å². The standard InChI is InChI=1S/C21H34N4O.3ClH/c1-18-4-2-5-20(16-18)25-14-12-24(13-15-25)11-3-9-23-21(26)7-6-19-8-10-22-17-19;;;/h2,4-5,16,19,22H,3,6-15,17H2,1H3,(H,23,26);3*1H. The molecule has 2 fully saturated rings. The Labute approximate surface area is 194 Å². The van der Waals surface area contributed by atoms with Crippen molar-refractivity contribution in [2.75, 3.05) is 57.3 Å². The molecule has 0 aliphatic carbocycles. The van der Waals surface area contributed by atoms with Gasteiger partial charge in [0.15, 0.2) is 0 Å². The Balaban J connectivity index is 0.00000261. The van der Waals surface area contributed by atoms with Gasteiger partial charge in [-0.3, -0.25) is 9.69 Å². The molecule has 2 saturated heterocycles. The van der Waals surface area contributed by atoms with Crippen molar-refractivity contribution >= 4 is 48.8 Å². The smallest absolute Gasteiger partial charge is 0.220 e. The molecule has 2 aliphatic heterocycles. The van der Waals surface area contributed by atoms with E-state index in [4.69, 9.17) is 0 Å². The van der Waals surface area contributed by atoms with Crippen LogP contribution in [0.5, 0.6) is 0 Å². The zero-order chi connectivity index (χ0) is 18.2. The molecule has 8 heteroatoms. The van der Waals surface area contributed by atoms with Crippen LogP contribution in [0.2, 0.25) is 0 Å². The second-order valence-electron chi connectivity index (χ2n) is 7.77. The van der Waals surface area contributed by atoms with Crippen molar-refractivity contribution in [3.8, 4) is 0 Å². The minimum Gasteiger partial charge on any atom is -0.369 e. The Kier molecular flexibility index (Phi) is 14.8. The van der Waals surface area contributed by atoms with Crippen molar-refractivity contribution in [2.24, 2.45) is 5.92 Å². The molecule has 0 saturated carbocycles. The van der Waals surface area contributed by atoms with E-state index in [9.17, 15) is 4.79 Å². The molecular formula is C21H37Cl3N4O. The third kappa shape index (κ3) is 9.75. The summed E-state index contributed by atoms with van der Waals surface area (Å²) in [5, 5.41) is 6.45. The maximum Gasteiger partial charge on any atom is 0.220 e. The quantitative estimate of drug-likeness (QED) is 0.576. The summed E-state index contributed by atoms with van der Waals surface area (Å²) in [4.78, 5) is 16.9. The molecule has 2 heterocycles. The summed E-state index contributed by atoms with van der Waals surface area (Å²) in [6, 6.07) is 8.77. The van der Waals surface area contributed by atoms with Crippen molar-refractivity contribution in [3.05, 3.63) is 29.8 Å². The number of anilines is 1. The molecule has 0 aromatic heterocycles. The largest absolute Gasteiger partial charge is 0.369 e. The summed E-state index contributed by atoms with van der Waals surface area (Å²) in [6.45, 7) is 10.6. The van der Waals surface area contributed by atoms with Crippen LogP contribution in [-0.2, 0) is 4.79 Å². The van der Waals surface area contributed by atoms with Gasteiger partial charge in [0.1, 0.15) is 0 Å². The lowest BCUT2D eigenvalue weighted by atomic mass is 10.0. The van der Waals surface area contributed by atoms with E-state index in [0.29, 0.717) is 12.3 Å². The van der Waals surface area contributed by atoms with Gasteiger partial charge in [-0.25, -0.2) is 0 Å². The number of amides is 1. The van der Waals surface area contributed by atoms with Crippen molar-refractivity contribution in [2.45, 2.75) is 32.6 Å². The number of aryl methyl sites for hydroxylation is 1. The lowest BCUT2D eigenvalue weighted by Crippen LogP contribution is -2.47. The van der Waals surface area contributed by atoms with Crippen molar-refractivity contribution in [1.29, 1.82) is 0 Å². The number of nitrogens with one attached hydrogen (secondary N) is 2. The number of nitrogens with zero attached hydrogens (tertiary/aromatic N) is 2. The summed E-state index contributed by atoms with van der Waals surface area (Å²) in [6.07, 6.45) is 3.98. The highest BCUT2D eigenvalue weighted by Gasteiger charge is 2.17. The van der Waals surface area contributed by atoms with Crippen LogP contribution in [0.25, 0.3) is 0 Å². The lowest BCUT2D eigenvalue weighted by Gasteiger charge is -2.36. The fourth-order valence-electron chi connectivity index (χ4n) is 3.97. The Hall–Kier alpha value is -0.720. The van der Waals surface area contributed by atoms with Crippen LogP contribution in [0, 0.1) is 12.8 Å². The summed E-state index contributed by atoms with van der Waals surface area (Å²) in [7, 11) is 0. The van der Waals surface area contributed by atoms with Gasteiger partial charge in [-0.05, 0) is 69.4 Å². The highest BCUT2D eigenvalue weighted by Crippen LogP contribution is 2.18. The molecule has 1 unspecified atom stereocenters. The molecular weight excluding hydrogens is 431 g/mol. The van der Waals surface area contributed by atoms with E-state index in [1.54, 1.807) is 0 Å². The van der Waals surface area contributed by atoms with Crippen LogP contribution in [0.1, 0.15) is 31.2 Å². The molecule has 1 amide bonds. The molecule has 168 valence electrons. The third-order valence-corrected chi connectivity index (χ3v) is 5.65. The van der Waals surface area contributed by atoms with Gasteiger partial charge in [-0.1, -0.05) is 12.1 Å². The fraction of sp³-hybridized carbons (Fsp3) is 0.667.